The van der Waals surface area contributed by atoms with Crippen LogP contribution in [0.2, 0.25) is 0 Å². The zero-order chi connectivity index (χ0) is 31.7. The van der Waals surface area contributed by atoms with E-state index in [4.69, 9.17) is 28.4 Å². The summed E-state index contributed by atoms with van der Waals surface area (Å²) in [4.78, 5) is 25.1. The minimum atomic E-state index is -1.49. The van der Waals surface area contributed by atoms with Crippen LogP contribution in [0.5, 0.6) is 11.5 Å². The lowest BCUT2D eigenvalue weighted by atomic mass is 9.99. The number of carboxylic acid groups (broad SMARTS) is 1. The SMILES string of the molecule is COCOc1cc(OC)cc(C=CC[C@@H]2OC(C)(C)O[C@@H]2C(OC(=O)c2ccccc2)C(F)=C[C@H](C)[C@H](C)O)c1C(=O)O. The molecule has 234 valence electrons. The van der Waals surface area contributed by atoms with Crippen molar-refractivity contribution in [2.24, 2.45) is 5.92 Å². The molecule has 0 saturated carbocycles. The molecule has 5 atom stereocenters. The maximum absolute atomic E-state index is 15.8. The molecule has 1 unspecified atom stereocenters. The molecule has 1 aliphatic rings. The van der Waals surface area contributed by atoms with E-state index in [-0.39, 0.29) is 35.7 Å². The molecule has 2 N–H and O–H groups in total. The van der Waals surface area contributed by atoms with Gasteiger partial charge in [-0.3, -0.25) is 0 Å². The van der Waals surface area contributed by atoms with E-state index in [9.17, 15) is 19.8 Å². The van der Waals surface area contributed by atoms with Crippen LogP contribution in [-0.4, -0.2) is 73.4 Å². The molecule has 2 aromatic rings. The number of carbonyl (C=O) groups is 2. The number of aliphatic hydroxyl groups excluding tert-OH is 1. The molecule has 2 aromatic carbocycles. The van der Waals surface area contributed by atoms with Gasteiger partial charge in [0.1, 0.15) is 29.0 Å². The fourth-order valence-corrected chi connectivity index (χ4v) is 4.48. The Bertz CT molecular complexity index is 1300. The van der Waals surface area contributed by atoms with Gasteiger partial charge in [0.2, 0.25) is 0 Å². The Kier molecular flexibility index (Phi) is 11.8. The van der Waals surface area contributed by atoms with Crippen molar-refractivity contribution >= 4 is 18.0 Å². The zero-order valence-electron chi connectivity index (χ0n) is 25.1. The first-order valence-corrected chi connectivity index (χ1v) is 13.8. The molecule has 0 radical (unpaired) electrons. The quantitative estimate of drug-likeness (QED) is 0.214. The fourth-order valence-electron chi connectivity index (χ4n) is 4.48. The van der Waals surface area contributed by atoms with Crippen LogP contribution < -0.4 is 9.47 Å². The monoisotopic (exact) mass is 602 g/mol. The van der Waals surface area contributed by atoms with Crippen LogP contribution in [0.4, 0.5) is 4.39 Å². The molecule has 11 heteroatoms. The molecule has 0 aromatic heterocycles. The van der Waals surface area contributed by atoms with Crippen molar-refractivity contribution in [2.75, 3.05) is 21.0 Å². The Morgan fingerprint density at radius 2 is 1.81 bits per heavy atom. The first-order valence-electron chi connectivity index (χ1n) is 13.8. The lowest BCUT2D eigenvalue weighted by Crippen LogP contribution is -2.39. The maximum Gasteiger partial charge on any atom is 0.340 e. The number of carbonyl (C=O) groups excluding carboxylic acids is 1. The van der Waals surface area contributed by atoms with E-state index in [2.05, 4.69) is 0 Å². The minimum Gasteiger partial charge on any atom is -0.497 e. The highest BCUT2D eigenvalue weighted by Gasteiger charge is 2.48. The van der Waals surface area contributed by atoms with Crippen molar-refractivity contribution in [3.05, 3.63) is 77.1 Å². The molecule has 0 aliphatic carbocycles. The van der Waals surface area contributed by atoms with Gasteiger partial charge in [0.05, 0.1) is 24.9 Å². The molecule has 0 bridgehead atoms. The van der Waals surface area contributed by atoms with Crippen LogP contribution in [0.3, 0.4) is 0 Å². The van der Waals surface area contributed by atoms with Gasteiger partial charge in [-0.2, -0.15) is 0 Å². The van der Waals surface area contributed by atoms with E-state index in [1.54, 1.807) is 63.3 Å². The molecule has 1 aliphatic heterocycles. The second-order valence-corrected chi connectivity index (χ2v) is 10.6. The normalized spacial score (nSPS) is 20.4. The molecule has 1 heterocycles. The van der Waals surface area contributed by atoms with E-state index in [0.717, 1.165) is 0 Å². The number of aromatic carboxylic acids is 1. The largest absolute Gasteiger partial charge is 0.497 e. The topological polar surface area (TPSA) is 130 Å². The van der Waals surface area contributed by atoms with Crippen molar-refractivity contribution in [3.63, 3.8) is 0 Å². The number of methoxy groups -OCH3 is 2. The van der Waals surface area contributed by atoms with Gasteiger partial charge in [0, 0.05) is 19.1 Å². The summed E-state index contributed by atoms with van der Waals surface area (Å²) in [6.45, 7) is 6.31. The predicted octanol–water partition coefficient (Wildman–Crippen LogP) is 5.40. The number of hydrogen-bond acceptors (Lipinski definition) is 9. The number of esters is 1. The number of benzene rings is 2. The van der Waals surface area contributed by atoms with E-state index in [1.807, 2.05) is 0 Å². The van der Waals surface area contributed by atoms with Crippen molar-refractivity contribution in [1.29, 1.82) is 0 Å². The number of ether oxygens (including phenoxy) is 6. The van der Waals surface area contributed by atoms with Gasteiger partial charge in [-0.1, -0.05) is 37.3 Å². The van der Waals surface area contributed by atoms with E-state index >= 15 is 4.39 Å². The van der Waals surface area contributed by atoms with E-state index < -0.39 is 53.9 Å². The van der Waals surface area contributed by atoms with Gasteiger partial charge in [-0.15, -0.1) is 0 Å². The smallest absolute Gasteiger partial charge is 0.340 e. The molecule has 1 fully saturated rings. The highest BCUT2D eigenvalue weighted by atomic mass is 19.1. The Hall–Kier alpha value is -3.77. The van der Waals surface area contributed by atoms with Crippen LogP contribution in [0.15, 0.2) is 60.4 Å². The van der Waals surface area contributed by atoms with Crippen molar-refractivity contribution in [2.45, 2.75) is 64.3 Å². The number of halogens is 1. The van der Waals surface area contributed by atoms with E-state index in [1.165, 1.54) is 39.4 Å². The molecular formula is C32H39FO10. The fraction of sp³-hybridized carbons (Fsp3) is 0.438. The Balaban J connectivity index is 1.96. The first-order chi connectivity index (χ1) is 20.4. The van der Waals surface area contributed by atoms with Gasteiger partial charge >= 0.3 is 11.9 Å². The summed E-state index contributed by atoms with van der Waals surface area (Å²) in [5.41, 5.74) is 0.408. The average Bonchev–Trinajstić information content (AvgIpc) is 3.27. The molecule has 10 nitrogen and oxygen atoms in total. The summed E-state index contributed by atoms with van der Waals surface area (Å²) < 4.78 is 49.3. The van der Waals surface area contributed by atoms with Gasteiger partial charge in [-0.05, 0) is 57.0 Å². The van der Waals surface area contributed by atoms with Crippen LogP contribution in [-0.2, 0) is 18.9 Å². The summed E-state index contributed by atoms with van der Waals surface area (Å²) >= 11 is 0. The Morgan fingerprint density at radius 1 is 1.12 bits per heavy atom. The summed E-state index contributed by atoms with van der Waals surface area (Å²) in [5, 5.41) is 19.9. The molecule has 43 heavy (non-hydrogen) atoms. The molecule has 0 amide bonds. The molecule has 1 saturated heterocycles. The maximum atomic E-state index is 15.8. The standard InChI is InChI=1S/C32H39FO10/c1-19(20(2)34)15-24(33)28(41-31(37)21-11-8-7-9-12-21)29-25(42-32(3,4)43-29)14-10-13-22-16-23(39-6)17-26(40-18-38-5)27(22)30(35)36/h7-13,15-17,19-20,25,28-29,34H,14,18H2,1-6H3,(H,35,36)/t19-,20-,25-,28?,29-/m0/s1. The lowest BCUT2D eigenvalue weighted by Gasteiger charge is -2.26. The highest BCUT2D eigenvalue weighted by Crippen LogP contribution is 2.37. The average molecular weight is 603 g/mol. The van der Waals surface area contributed by atoms with Gasteiger partial charge in [0.25, 0.3) is 0 Å². The Morgan fingerprint density at radius 3 is 2.42 bits per heavy atom. The molecule has 0 spiro atoms. The minimum absolute atomic E-state index is 0.0557. The number of carboxylic acids is 1. The van der Waals surface area contributed by atoms with Crippen molar-refractivity contribution < 1.29 is 52.6 Å². The number of aliphatic hydroxyl groups is 1. The highest BCUT2D eigenvalue weighted by molar-refractivity contribution is 5.95. The molecular weight excluding hydrogens is 563 g/mol. The summed E-state index contributed by atoms with van der Waals surface area (Å²) in [6.07, 6.45) is 0.331. The van der Waals surface area contributed by atoms with E-state index in [0.29, 0.717) is 5.75 Å². The summed E-state index contributed by atoms with van der Waals surface area (Å²) in [6, 6.07) is 11.1. The second-order valence-electron chi connectivity index (χ2n) is 10.6. The Labute approximate surface area is 250 Å². The van der Waals surface area contributed by atoms with Crippen LogP contribution >= 0.6 is 0 Å². The van der Waals surface area contributed by atoms with Crippen LogP contribution in [0.1, 0.15) is 60.4 Å². The van der Waals surface area contributed by atoms with Crippen molar-refractivity contribution in [3.8, 4) is 11.5 Å². The van der Waals surface area contributed by atoms with Gasteiger partial charge in [-0.25, -0.2) is 14.0 Å². The summed E-state index contributed by atoms with van der Waals surface area (Å²) in [5.74, 6) is -4.09. The third kappa shape index (κ3) is 9.11. The van der Waals surface area contributed by atoms with Crippen LogP contribution in [0.25, 0.3) is 6.08 Å². The molecule has 3 rings (SSSR count). The van der Waals surface area contributed by atoms with Crippen LogP contribution in [0, 0.1) is 5.92 Å². The van der Waals surface area contributed by atoms with Gasteiger partial charge < -0.3 is 38.6 Å². The number of rotatable bonds is 14. The summed E-state index contributed by atoms with van der Waals surface area (Å²) in [7, 11) is 2.85. The van der Waals surface area contributed by atoms with Gasteiger partial charge in [0.15, 0.2) is 18.7 Å². The lowest BCUT2D eigenvalue weighted by molar-refractivity contribution is -0.154. The second kappa shape index (κ2) is 15.1. The predicted molar refractivity (Wildman–Crippen MR) is 156 cm³/mol. The third-order valence-corrected chi connectivity index (χ3v) is 6.77. The van der Waals surface area contributed by atoms with Crippen molar-refractivity contribution in [1.82, 2.24) is 0 Å². The number of hydrogen-bond donors (Lipinski definition) is 2. The first kappa shape index (κ1) is 33.7. The third-order valence-electron chi connectivity index (χ3n) is 6.77. The zero-order valence-corrected chi connectivity index (χ0v) is 25.1.